The molecule has 1 aromatic carbocycles. The molecule has 2 aromatic rings. The summed E-state index contributed by atoms with van der Waals surface area (Å²) < 4.78 is 0. The number of fused-ring (bicyclic) bond motifs is 1. The van der Waals surface area contributed by atoms with Crippen molar-refractivity contribution in [3.05, 3.63) is 36.2 Å². The lowest BCUT2D eigenvalue weighted by Crippen LogP contribution is -2.36. The van der Waals surface area contributed by atoms with Crippen LogP contribution in [0.3, 0.4) is 0 Å². The van der Waals surface area contributed by atoms with Gasteiger partial charge >= 0.3 is 6.03 Å². The van der Waals surface area contributed by atoms with Gasteiger partial charge in [0.05, 0.1) is 12.1 Å². The highest BCUT2D eigenvalue weighted by Crippen LogP contribution is 2.33. The maximum Gasteiger partial charge on any atom is 0.315 e. The standard InChI is InChI=1S/C24H32N8O3S3/c33-20(4-2-1-3-19-22-18(14-36-19)29-24(35)30-22)25-10-12-38-37-11-9-21(34)26-13-16-5-7-17(8-6-16)23-31-27-15-28-32-23/h5-8,15,18-19,22H,1-4,9-14H2,(H,25,33)(H,26,34)(H2,29,30,35)/t18-,19?,22-/m1/s1. The molecule has 11 nitrogen and oxygen atoms in total. The van der Waals surface area contributed by atoms with E-state index in [0.717, 1.165) is 41.9 Å². The molecule has 3 atom stereocenters. The van der Waals surface area contributed by atoms with E-state index in [2.05, 4.69) is 41.7 Å². The summed E-state index contributed by atoms with van der Waals surface area (Å²) in [5, 5.41) is 27.6. The summed E-state index contributed by atoms with van der Waals surface area (Å²) in [6, 6.07) is 8.02. The number of unbranched alkanes of at least 4 members (excludes halogenated alkanes) is 1. The van der Waals surface area contributed by atoms with Crippen LogP contribution in [0.2, 0.25) is 0 Å². The molecular weight excluding hydrogens is 545 g/mol. The SMILES string of the molecule is O=C(CCCCC1SC[C@H]2NC(=O)N[C@@H]12)NCCSSCCC(=O)NCc1ccc(-c2nncnn2)cc1. The molecule has 4 amide bonds. The second-order valence-corrected chi connectivity index (χ2v) is 12.9. The van der Waals surface area contributed by atoms with Gasteiger partial charge in [-0.25, -0.2) is 4.79 Å². The van der Waals surface area contributed by atoms with Gasteiger partial charge in [0.15, 0.2) is 6.33 Å². The molecule has 1 aromatic heterocycles. The first kappa shape index (κ1) is 28.4. The summed E-state index contributed by atoms with van der Waals surface area (Å²) in [6.07, 6.45) is 5.13. The van der Waals surface area contributed by atoms with Gasteiger partial charge in [-0.05, 0) is 18.4 Å². The van der Waals surface area contributed by atoms with Gasteiger partial charge in [-0.3, -0.25) is 9.59 Å². The molecule has 2 saturated heterocycles. The average molecular weight is 577 g/mol. The lowest BCUT2D eigenvalue weighted by Gasteiger charge is -2.16. The highest BCUT2D eigenvalue weighted by molar-refractivity contribution is 8.76. The normalized spacial score (nSPS) is 19.9. The Morgan fingerprint density at radius 3 is 2.55 bits per heavy atom. The van der Waals surface area contributed by atoms with Gasteiger partial charge in [0.1, 0.15) is 0 Å². The monoisotopic (exact) mass is 576 g/mol. The van der Waals surface area contributed by atoms with Crippen LogP contribution in [-0.4, -0.2) is 79.4 Å². The Bertz CT molecular complexity index is 1060. The van der Waals surface area contributed by atoms with Crippen LogP contribution in [0.25, 0.3) is 11.4 Å². The largest absolute Gasteiger partial charge is 0.355 e. The molecular formula is C24H32N8O3S3. The summed E-state index contributed by atoms with van der Waals surface area (Å²) >= 11 is 1.91. The number of carbonyl (C=O) groups excluding carboxylic acids is 3. The third-order valence-electron chi connectivity index (χ3n) is 6.19. The van der Waals surface area contributed by atoms with E-state index in [-0.39, 0.29) is 29.9 Å². The van der Waals surface area contributed by atoms with Gasteiger partial charge in [-0.2, -0.15) is 11.8 Å². The van der Waals surface area contributed by atoms with Crippen LogP contribution in [0.4, 0.5) is 4.79 Å². The van der Waals surface area contributed by atoms with Crippen LogP contribution >= 0.6 is 33.3 Å². The molecule has 0 aliphatic carbocycles. The van der Waals surface area contributed by atoms with Gasteiger partial charge in [0, 0.05) is 54.0 Å². The zero-order valence-corrected chi connectivity index (χ0v) is 23.4. The predicted molar refractivity (Wildman–Crippen MR) is 151 cm³/mol. The number of nitrogens with zero attached hydrogens (tertiary/aromatic N) is 4. The van der Waals surface area contributed by atoms with Crippen molar-refractivity contribution in [2.75, 3.05) is 23.8 Å². The van der Waals surface area contributed by atoms with E-state index in [9.17, 15) is 14.4 Å². The molecule has 2 aliphatic rings. The zero-order chi connectivity index (χ0) is 26.6. The van der Waals surface area contributed by atoms with Gasteiger partial charge < -0.3 is 21.3 Å². The van der Waals surface area contributed by atoms with Crippen molar-refractivity contribution in [1.29, 1.82) is 0 Å². The highest BCUT2D eigenvalue weighted by Gasteiger charge is 2.42. The fourth-order valence-corrected chi connectivity index (χ4v) is 7.67. The number of nitrogens with one attached hydrogen (secondary N) is 4. The number of carbonyl (C=O) groups is 3. The number of hydrogen-bond acceptors (Lipinski definition) is 10. The number of benzene rings is 1. The molecule has 4 N–H and O–H groups in total. The van der Waals surface area contributed by atoms with Crippen molar-refractivity contribution in [3.8, 4) is 11.4 Å². The maximum atomic E-state index is 12.1. The number of thioether (sulfide) groups is 1. The van der Waals surface area contributed by atoms with E-state index in [0.29, 0.717) is 42.8 Å². The van der Waals surface area contributed by atoms with Crippen LogP contribution in [-0.2, 0) is 16.1 Å². The van der Waals surface area contributed by atoms with Crippen LogP contribution < -0.4 is 21.3 Å². The minimum atomic E-state index is -0.0571. The summed E-state index contributed by atoms with van der Waals surface area (Å²) in [7, 11) is 3.30. The lowest BCUT2D eigenvalue weighted by molar-refractivity contribution is -0.121. The van der Waals surface area contributed by atoms with Crippen molar-refractivity contribution < 1.29 is 14.4 Å². The Hall–Kier alpha value is -2.58. The first-order valence-electron chi connectivity index (χ1n) is 12.6. The summed E-state index contributed by atoms with van der Waals surface area (Å²) in [5.74, 6) is 3.03. The summed E-state index contributed by atoms with van der Waals surface area (Å²) in [5.41, 5.74) is 1.81. The van der Waals surface area contributed by atoms with E-state index < -0.39 is 0 Å². The Kier molecular flexibility index (Phi) is 11.3. The number of urea groups is 1. The predicted octanol–water partition coefficient (Wildman–Crippen LogP) is 2.16. The molecule has 0 radical (unpaired) electrons. The number of amides is 4. The Morgan fingerprint density at radius 1 is 0.974 bits per heavy atom. The third kappa shape index (κ3) is 9.02. The summed E-state index contributed by atoms with van der Waals surface area (Å²) in [4.78, 5) is 35.6. The number of rotatable bonds is 15. The maximum absolute atomic E-state index is 12.1. The van der Waals surface area contributed by atoms with Crippen molar-refractivity contribution in [2.45, 2.75) is 56.0 Å². The lowest BCUT2D eigenvalue weighted by atomic mass is 10.0. The van der Waals surface area contributed by atoms with Crippen molar-refractivity contribution in [3.63, 3.8) is 0 Å². The molecule has 1 unspecified atom stereocenters. The van der Waals surface area contributed by atoms with Crippen molar-refractivity contribution in [2.24, 2.45) is 0 Å². The average Bonchev–Trinajstić information content (AvgIpc) is 3.49. The second kappa shape index (κ2) is 15.1. The van der Waals surface area contributed by atoms with E-state index in [1.165, 1.54) is 6.33 Å². The topological polar surface area (TPSA) is 151 Å². The van der Waals surface area contributed by atoms with Crippen LogP contribution in [0.15, 0.2) is 30.6 Å². The van der Waals surface area contributed by atoms with E-state index >= 15 is 0 Å². The Balaban J connectivity index is 0.959. The first-order chi connectivity index (χ1) is 18.6. The highest BCUT2D eigenvalue weighted by atomic mass is 33.1. The number of hydrogen-bond donors (Lipinski definition) is 4. The van der Waals surface area contributed by atoms with Crippen LogP contribution in [0.1, 0.15) is 37.7 Å². The molecule has 0 saturated carbocycles. The van der Waals surface area contributed by atoms with Crippen LogP contribution in [0, 0.1) is 0 Å². The van der Waals surface area contributed by atoms with Gasteiger partial charge in [0.2, 0.25) is 17.6 Å². The van der Waals surface area contributed by atoms with Crippen LogP contribution in [0.5, 0.6) is 0 Å². The van der Waals surface area contributed by atoms with Crippen molar-refractivity contribution in [1.82, 2.24) is 41.7 Å². The molecule has 0 bridgehead atoms. The Labute approximate surface area is 234 Å². The fourth-order valence-electron chi connectivity index (χ4n) is 4.23. The molecule has 2 fully saturated rings. The minimum Gasteiger partial charge on any atom is -0.355 e. The molecule has 4 rings (SSSR count). The summed E-state index contributed by atoms with van der Waals surface area (Å²) in [6.45, 7) is 1.09. The molecule has 38 heavy (non-hydrogen) atoms. The molecule has 3 heterocycles. The third-order valence-corrected chi connectivity index (χ3v) is 10.1. The van der Waals surface area contributed by atoms with Gasteiger partial charge in [0.25, 0.3) is 0 Å². The smallest absolute Gasteiger partial charge is 0.315 e. The molecule has 204 valence electrons. The molecule has 0 spiro atoms. The first-order valence-corrected chi connectivity index (χ1v) is 16.2. The van der Waals surface area contributed by atoms with Gasteiger partial charge in [-0.1, -0.05) is 52.3 Å². The Morgan fingerprint density at radius 2 is 1.74 bits per heavy atom. The quantitative estimate of drug-likeness (QED) is 0.141. The molecule has 14 heteroatoms. The fraction of sp³-hybridized carbons (Fsp3) is 0.542. The van der Waals surface area contributed by atoms with E-state index in [4.69, 9.17) is 0 Å². The van der Waals surface area contributed by atoms with E-state index in [1.54, 1.807) is 21.6 Å². The van der Waals surface area contributed by atoms with Gasteiger partial charge in [-0.15, -0.1) is 20.4 Å². The van der Waals surface area contributed by atoms with Crippen molar-refractivity contribution >= 4 is 51.2 Å². The number of aromatic nitrogens is 4. The zero-order valence-electron chi connectivity index (χ0n) is 20.9. The van der Waals surface area contributed by atoms with E-state index in [1.807, 2.05) is 36.0 Å². The minimum absolute atomic E-state index is 0.00775. The molecule has 2 aliphatic heterocycles. The second-order valence-electron chi connectivity index (χ2n) is 8.96.